The first-order chi connectivity index (χ1) is 11.8. The zero-order chi connectivity index (χ0) is 16.1. The highest BCUT2D eigenvalue weighted by Gasteiger charge is 2.23. The Kier molecular flexibility index (Phi) is 3.36. The van der Waals surface area contributed by atoms with Gasteiger partial charge < -0.3 is 0 Å². The molecule has 116 valence electrons. The Morgan fingerprint density at radius 3 is 1.54 bits per heavy atom. The maximum Gasteiger partial charge on any atom is 0.0569 e. The molecule has 0 atom stereocenters. The van der Waals surface area contributed by atoms with Crippen LogP contribution < -0.4 is 0 Å². The number of rotatable bonds is 0. The van der Waals surface area contributed by atoms with Crippen LogP contribution in [-0.4, -0.2) is 4.58 Å². The topological polar surface area (TPSA) is 0 Å². The first kappa shape index (κ1) is 14.4. The van der Waals surface area contributed by atoms with E-state index in [1.54, 1.807) is 0 Å². The molecule has 0 aromatic heterocycles. The van der Waals surface area contributed by atoms with Crippen LogP contribution in [0.1, 0.15) is 6.92 Å². The molecule has 1 heterocycles. The fourth-order valence-electron chi connectivity index (χ4n) is 3.60. The van der Waals surface area contributed by atoms with Crippen LogP contribution in [0.15, 0.2) is 82.6 Å². The molecule has 1 aliphatic heterocycles. The second-order valence-corrected chi connectivity index (χ2v) is 9.19. The van der Waals surface area contributed by atoms with Gasteiger partial charge in [0.15, 0.2) is 0 Å². The average Bonchev–Trinajstić information content (AvgIpc) is 2.77. The molecule has 0 spiro atoms. The zero-order valence-electron chi connectivity index (χ0n) is 13.3. The molecule has 0 radical (unpaired) electrons. The highest BCUT2D eigenvalue weighted by atomic mass is 32.2. The lowest BCUT2D eigenvalue weighted by molar-refractivity contribution is 1.39. The largest absolute Gasteiger partial charge is 0.111 e. The smallest absolute Gasteiger partial charge is 0.0569 e. The van der Waals surface area contributed by atoms with Crippen molar-refractivity contribution < 1.29 is 0 Å². The number of thioether (sulfide) groups is 2. The first-order valence-electron chi connectivity index (χ1n) is 8.18. The summed E-state index contributed by atoms with van der Waals surface area (Å²) in [6.07, 6.45) is 0. The Bertz CT molecular complexity index is 994. The van der Waals surface area contributed by atoms with Gasteiger partial charge in [0.1, 0.15) is 0 Å². The van der Waals surface area contributed by atoms with Gasteiger partial charge in [-0.3, -0.25) is 0 Å². The molecule has 1 aliphatic rings. The van der Waals surface area contributed by atoms with E-state index < -0.39 is 0 Å². The minimum atomic E-state index is 0.507. The van der Waals surface area contributed by atoms with Gasteiger partial charge in [0.05, 0.1) is 4.58 Å². The molecule has 0 amide bonds. The highest BCUT2D eigenvalue weighted by Crippen LogP contribution is 2.51. The Labute approximate surface area is 150 Å². The maximum absolute atomic E-state index is 2.30. The van der Waals surface area contributed by atoms with Crippen LogP contribution >= 0.6 is 23.5 Å². The molecule has 0 nitrogen and oxygen atoms in total. The Hall–Kier alpha value is -1.90. The Balaban J connectivity index is 2.00. The summed E-state index contributed by atoms with van der Waals surface area (Å²) in [6, 6.07) is 26.6. The van der Waals surface area contributed by atoms with Crippen molar-refractivity contribution in [3.63, 3.8) is 0 Å². The molecule has 0 N–H and O–H groups in total. The molecule has 0 saturated heterocycles. The van der Waals surface area contributed by atoms with Crippen molar-refractivity contribution in [2.24, 2.45) is 0 Å². The minimum absolute atomic E-state index is 0.507. The van der Waals surface area contributed by atoms with E-state index in [2.05, 4.69) is 79.7 Å². The van der Waals surface area contributed by atoms with E-state index >= 15 is 0 Å². The van der Waals surface area contributed by atoms with Crippen molar-refractivity contribution in [3.05, 3.63) is 72.8 Å². The van der Waals surface area contributed by atoms with Gasteiger partial charge in [-0.15, -0.1) is 23.5 Å². The van der Waals surface area contributed by atoms with Gasteiger partial charge >= 0.3 is 0 Å². The van der Waals surface area contributed by atoms with E-state index in [4.69, 9.17) is 0 Å². The number of hydrogen-bond acceptors (Lipinski definition) is 2. The predicted octanol–water partition coefficient (Wildman–Crippen LogP) is 7.20. The van der Waals surface area contributed by atoms with Gasteiger partial charge in [-0.05, 0) is 40.6 Å². The standard InChI is InChI=1S/C22H16S2/c1-14-23-19-12-10-15-6-2-4-8-17(15)21(19)22-18-9-5-3-7-16(18)11-13-20(22)24-14/h2-14H,1H3. The van der Waals surface area contributed by atoms with E-state index in [0.717, 1.165) is 0 Å². The van der Waals surface area contributed by atoms with Gasteiger partial charge in [0.25, 0.3) is 0 Å². The summed E-state index contributed by atoms with van der Waals surface area (Å²) in [4.78, 5) is 2.78. The van der Waals surface area contributed by atoms with E-state index in [9.17, 15) is 0 Å². The van der Waals surface area contributed by atoms with E-state index in [-0.39, 0.29) is 0 Å². The molecular weight excluding hydrogens is 328 g/mol. The molecular formula is C22H16S2. The third-order valence-electron chi connectivity index (χ3n) is 4.62. The van der Waals surface area contributed by atoms with Crippen LogP contribution in [0.25, 0.3) is 32.7 Å². The average molecular weight is 345 g/mol. The summed E-state index contributed by atoms with van der Waals surface area (Å²) in [5, 5.41) is 5.34. The summed E-state index contributed by atoms with van der Waals surface area (Å²) in [5.41, 5.74) is 2.81. The summed E-state index contributed by atoms with van der Waals surface area (Å²) >= 11 is 3.95. The van der Waals surface area contributed by atoms with Crippen molar-refractivity contribution in [2.75, 3.05) is 0 Å². The van der Waals surface area contributed by atoms with Crippen LogP contribution in [0.5, 0.6) is 0 Å². The van der Waals surface area contributed by atoms with Crippen molar-refractivity contribution in [1.29, 1.82) is 0 Å². The van der Waals surface area contributed by atoms with Crippen LogP contribution in [0.4, 0.5) is 0 Å². The normalized spacial score (nSPS) is 14.4. The molecule has 0 fully saturated rings. The zero-order valence-corrected chi connectivity index (χ0v) is 15.0. The summed E-state index contributed by atoms with van der Waals surface area (Å²) in [5.74, 6) is 0. The highest BCUT2D eigenvalue weighted by molar-refractivity contribution is 8.17. The van der Waals surface area contributed by atoms with Crippen molar-refractivity contribution in [1.82, 2.24) is 0 Å². The fraction of sp³-hybridized carbons (Fsp3) is 0.0909. The van der Waals surface area contributed by atoms with E-state index in [1.807, 2.05) is 23.5 Å². The number of benzene rings is 4. The van der Waals surface area contributed by atoms with Gasteiger partial charge in [-0.25, -0.2) is 0 Å². The third kappa shape index (κ3) is 2.17. The molecule has 0 bridgehead atoms. The molecule has 4 aromatic carbocycles. The molecule has 24 heavy (non-hydrogen) atoms. The number of fused-ring (bicyclic) bond motifs is 7. The van der Waals surface area contributed by atoms with E-state index in [0.29, 0.717) is 4.58 Å². The first-order valence-corrected chi connectivity index (χ1v) is 9.94. The second kappa shape index (κ2) is 5.58. The summed E-state index contributed by atoms with van der Waals surface area (Å²) < 4.78 is 0.507. The molecule has 0 unspecified atom stereocenters. The molecule has 5 rings (SSSR count). The predicted molar refractivity (Wildman–Crippen MR) is 108 cm³/mol. The molecule has 0 aliphatic carbocycles. The Morgan fingerprint density at radius 1 is 0.583 bits per heavy atom. The van der Waals surface area contributed by atoms with Crippen LogP contribution in [0.2, 0.25) is 0 Å². The third-order valence-corrected chi connectivity index (χ3v) is 7.05. The van der Waals surface area contributed by atoms with Gasteiger partial charge in [-0.2, -0.15) is 0 Å². The molecule has 2 heteroatoms. The number of hydrogen-bond donors (Lipinski definition) is 0. The summed E-state index contributed by atoms with van der Waals surface area (Å²) in [6.45, 7) is 2.30. The van der Waals surface area contributed by atoms with Crippen molar-refractivity contribution in [2.45, 2.75) is 21.3 Å². The lowest BCUT2D eigenvalue weighted by Crippen LogP contribution is -1.88. The quantitative estimate of drug-likeness (QED) is 0.331. The maximum atomic E-state index is 2.30. The van der Waals surface area contributed by atoms with Crippen LogP contribution in [0, 0.1) is 0 Å². The van der Waals surface area contributed by atoms with Crippen molar-refractivity contribution >= 4 is 45.1 Å². The van der Waals surface area contributed by atoms with Gasteiger partial charge in [0, 0.05) is 20.9 Å². The monoisotopic (exact) mass is 344 g/mol. The second-order valence-electron chi connectivity index (χ2n) is 6.12. The van der Waals surface area contributed by atoms with Crippen molar-refractivity contribution in [3.8, 4) is 11.1 Å². The fourth-order valence-corrected chi connectivity index (χ4v) is 6.08. The van der Waals surface area contributed by atoms with Crippen LogP contribution in [0.3, 0.4) is 0 Å². The minimum Gasteiger partial charge on any atom is -0.111 e. The lowest BCUT2D eigenvalue weighted by Gasteiger charge is -2.15. The lowest BCUT2D eigenvalue weighted by atomic mass is 9.94. The van der Waals surface area contributed by atoms with Gasteiger partial charge in [0.2, 0.25) is 0 Å². The SMILES string of the molecule is CC1Sc2ccc3ccccc3c2-c2c(ccc3ccccc23)S1. The molecule has 4 aromatic rings. The van der Waals surface area contributed by atoms with Gasteiger partial charge in [-0.1, -0.05) is 60.7 Å². The van der Waals surface area contributed by atoms with E-state index in [1.165, 1.54) is 42.5 Å². The van der Waals surface area contributed by atoms with Crippen LogP contribution in [-0.2, 0) is 0 Å². The molecule has 0 saturated carbocycles. The summed E-state index contributed by atoms with van der Waals surface area (Å²) in [7, 11) is 0. The Morgan fingerprint density at radius 2 is 1.04 bits per heavy atom.